The lowest BCUT2D eigenvalue weighted by Gasteiger charge is -2.32. The summed E-state index contributed by atoms with van der Waals surface area (Å²) in [5.41, 5.74) is 7.17. The van der Waals surface area contributed by atoms with Gasteiger partial charge in [0.1, 0.15) is 0 Å². The first-order chi connectivity index (χ1) is 9.45. The average molecular weight is 296 g/mol. The summed E-state index contributed by atoms with van der Waals surface area (Å²) in [6.45, 7) is 4.29. The summed E-state index contributed by atoms with van der Waals surface area (Å²) in [6.07, 6.45) is 5.38. The molecule has 0 spiro atoms. The average Bonchev–Trinajstić information content (AvgIpc) is 2.39. The first-order valence-corrected chi connectivity index (χ1v) is 8.78. The highest BCUT2D eigenvalue weighted by molar-refractivity contribution is 7.89. The van der Waals surface area contributed by atoms with Crippen LogP contribution in [0, 0.1) is 6.92 Å². The normalized spacial score (nSPS) is 17.6. The molecule has 1 saturated carbocycles. The fourth-order valence-electron chi connectivity index (χ4n) is 3.05. The van der Waals surface area contributed by atoms with E-state index < -0.39 is 10.0 Å². The highest BCUT2D eigenvalue weighted by atomic mass is 32.2. The topological polar surface area (TPSA) is 63.4 Å². The second kappa shape index (κ2) is 6.14. The third-order valence-corrected chi connectivity index (χ3v) is 5.98. The molecular formula is C15H24N2O2S. The van der Waals surface area contributed by atoms with E-state index in [-0.39, 0.29) is 6.04 Å². The van der Waals surface area contributed by atoms with Crippen LogP contribution in [0.3, 0.4) is 0 Å². The van der Waals surface area contributed by atoms with Gasteiger partial charge in [0.25, 0.3) is 0 Å². The quantitative estimate of drug-likeness (QED) is 0.869. The van der Waals surface area contributed by atoms with E-state index in [9.17, 15) is 8.42 Å². The number of hydrogen-bond acceptors (Lipinski definition) is 3. The molecule has 0 aliphatic heterocycles. The summed E-state index contributed by atoms with van der Waals surface area (Å²) in [6, 6.07) is 5.20. The summed E-state index contributed by atoms with van der Waals surface area (Å²) in [5, 5.41) is 0. The van der Waals surface area contributed by atoms with Crippen molar-refractivity contribution in [3.05, 3.63) is 23.8 Å². The minimum Gasteiger partial charge on any atom is -0.399 e. The van der Waals surface area contributed by atoms with Crippen LogP contribution < -0.4 is 5.73 Å². The van der Waals surface area contributed by atoms with Crippen LogP contribution in [0.15, 0.2) is 23.1 Å². The largest absolute Gasteiger partial charge is 0.399 e. The van der Waals surface area contributed by atoms with Crippen molar-refractivity contribution < 1.29 is 8.42 Å². The Morgan fingerprint density at radius 2 is 1.85 bits per heavy atom. The zero-order valence-corrected chi connectivity index (χ0v) is 13.1. The molecule has 1 aromatic carbocycles. The first-order valence-electron chi connectivity index (χ1n) is 7.34. The number of hydrogen-bond donors (Lipinski definition) is 1. The highest BCUT2D eigenvalue weighted by Crippen LogP contribution is 2.28. The van der Waals surface area contributed by atoms with Crippen LogP contribution in [0.5, 0.6) is 0 Å². The number of benzene rings is 1. The number of sulfonamides is 1. The lowest BCUT2D eigenvalue weighted by molar-refractivity contribution is 0.261. The van der Waals surface area contributed by atoms with Crippen LogP contribution in [0.1, 0.15) is 44.6 Å². The SMILES string of the molecule is CCN(C1CCCCC1)S(=O)(=O)c1cc(C)cc(N)c1. The fraction of sp³-hybridized carbons (Fsp3) is 0.600. The van der Waals surface area contributed by atoms with E-state index in [1.54, 1.807) is 22.5 Å². The van der Waals surface area contributed by atoms with Crippen LogP contribution in [0.4, 0.5) is 5.69 Å². The molecule has 0 amide bonds. The van der Waals surface area contributed by atoms with Gasteiger partial charge in [-0.2, -0.15) is 4.31 Å². The smallest absolute Gasteiger partial charge is 0.243 e. The van der Waals surface area contributed by atoms with E-state index >= 15 is 0 Å². The predicted molar refractivity (Wildman–Crippen MR) is 82.0 cm³/mol. The molecule has 0 aromatic heterocycles. The van der Waals surface area contributed by atoms with Crippen molar-refractivity contribution >= 4 is 15.7 Å². The lowest BCUT2D eigenvalue weighted by atomic mass is 9.95. The summed E-state index contributed by atoms with van der Waals surface area (Å²) >= 11 is 0. The van der Waals surface area contributed by atoms with E-state index in [0.29, 0.717) is 17.1 Å². The second-order valence-corrected chi connectivity index (χ2v) is 7.47. The van der Waals surface area contributed by atoms with Crippen molar-refractivity contribution in [3.8, 4) is 0 Å². The number of nitrogens with two attached hydrogens (primary N) is 1. The second-order valence-electron chi connectivity index (χ2n) is 5.58. The number of nitrogens with zero attached hydrogens (tertiary/aromatic N) is 1. The maximum absolute atomic E-state index is 12.8. The predicted octanol–water partition coefficient (Wildman–Crippen LogP) is 2.92. The monoisotopic (exact) mass is 296 g/mol. The molecule has 0 heterocycles. The van der Waals surface area contributed by atoms with Gasteiger partial charge in [-0.25, -0.2) is 8.42 Å². The van der Waals surface area contributed by atoms with Gasteiger partial charge >= 0.3 is 0 Å². The van der Waals surface area contributed by atoms with Crippen LogP contribution in [0.25, 0.3) is 0 Å². The van der Waals surface area contributed by atoms with Gasteiger partial charge in [-0.3, -0.25) is 0 Å². The molecule has 20 heavy (non-hydrogen) atoms. The first kappa shape index (κ1) is 15.3. The minimum absolute atomic E-state index is 0.139. The maximum atomic E-state index is 12.8. The Labute approximate surface area is 122 Å². The van der Waals surface area contributed by atoms with Crippen molar-refractivity contribution in [1.29, 1.82) is 0 Å². The molecule has 0 atom stereocenters. The molecule has 0 bridgehead atoms. The summed E-state index contributed by atoms with van der Waals surface area (Å²) < 4.78 is 27.3. The van der Waals surface area contributed by atoms with Crippen molar-refractivity contribution in [2.75, 3.05) is 12.3 Å². The molecule has 2 N–H and O–H groups in total. The molecule has 1 aromatic rings. The number of aryl methyl sites for hydroxylation is 1. The van der Waals surface area contributed by atoms with Gasteiger partial charge in [-0.05, 0) is 43.5 Å². The van der Waals surface area contributed by atoms with E-state index in [0.717, 1.165) is 31.2 Å². The number of anilines is 1. The van der Waals surface area contributed by atoms with Crippen LogP contribution in [-0.4, -0.2) is 25.3 Å². The van der Waals surface area contributed by atoms with Gasteiger partial charge in [0, 0.05) is 18.3 Å². The molecule has 1 fully saturated rings. The molecule has 5 heteroatoms. The molecule has 0 unspecified atom stereocenters. The Morgan fingerprint density at radius 1 is 1.20 bits per heavy atom. The molecule has 112 valence electrons. The highest BCUT2D eigenvalue weighted by Gasteiger charge is 2.31. The van der Waals surface area contributed by atoms with Crippen molar-refractivity contribution in [3.63, 3.8) is 0 Å². The van der Waals surface area contributed by atoms with E-state index in [2.05, 4.69) is 0 Å². The summed E-state index contributed by atoms with van der Waals surface area (Å²) in [5.74, 6) is 0. The summed E-state index contributed by atoms with van der Waals surface area (Å²) in [4.78, 5) is 0.322. The maximum Gasteiger partial charge on any atom is 0.243 e. The van der Waals surface area contributed by atoms with E-state index in [4.69, 9.17) is 5.73 Å². The third kappa shape index (κ3) is 3.15. The Bertz CT molecular complexity index is 543. The van der Waals surface area contributed by atoms with E-state index in [1.807, 2.05) is 13.8 Å². The van der Waals surface area contributed by atoms with Gasteiger partial charge < -0.3 is 5.73 Å². The molecule has 0 radical (unpaired) electrons. The third-order valence-electron chi connectivity index (χ3n) is 3.97. The molecule has 4 nitrogen and oxygen atoms in total. The standard InChI is InChI=1S/C15H24N2O2S/c1-3-17(14-7-5-4-6-8-14)20(18,19)15-10-12(2)9-13(16)11-15/h9-11,14H,3-8,16H2,1-2H3. The Balaban J connectivity index is 2.35. The van der Waals surface area contributed by atoms with Gasteiger partial charge in [-0.1, -0.05) is 26.2 Å². The van der Waals surface area contributed by atoms with E-state index in [1.165, 1.54) is 6.42 Å². The number of nitrogen functional groups attached to an aromatic ring is 1. The zero-order valence-electron chi connectivity index (χ0n) is 12.3. The number of rotatable bonds is 4. The Kier molecular flexibility index (Phi) is 4.70. The van der Waals surface area contributed by atoms with Crippen molar-refractivity contribution in [2.24, 2.45) is 0 Å². The van der Waals surface area contributed by atoms with Crippen molar-refractivity contribution in [2.45, 2.75) is 56.9 Å². The zero-order chi connectivity index (χ0) is 14.8. The lowest BCUT2D eigenvalue weighted by Crippen LogP contribution is -2.41. The Hall–Kier alpha value is -1.07. The van der Waals surface area contributed by atoms with Gasteiger partial charge in [0.2, 0.25) is 10.0 Å². The molecule has 1 aliphatic carbocycles. The minimum atomic E-state index is -3.44. The fourth-order valence-corrected chi connectivity index (χ4v) is 4.89. The molecule has 2 rings (SSSR count). The van der Waals surface area contributed by atoms with Gasteiger partial charge in [-0.15, -0.1) is 0 Å². The van der Waals surface area contributed by atoms with Gasteiger partial charge in [0.15, 0.2) is 0 Å². The van der Waals surface area contributed by atoms with Gasteiger partial charge in [0.05, 0.1) is 4.90 Å². The van der Waals surface area contributed by atoms with Crippen LogP contribution in [0.2, 0.25) is 0 Å². The molecular weight excluding hydrogens is 272 g/mol. The van der Waals surface area contributed by atoms with Crippen LogP contribution >= 0.6 is 0 Å². The van der Waals surface area contributed by atoms with Crippen LogP contribution in [-0.2, 0) is 10.0 Å². The molecule has 1 aliphatic rings. The summed E-state index contributed by atoms with van der Waals surface area (Å²) in [7, 11) is -3.44. The Morgan fingerprint density at radius 3 is 2.40 bits per heavy atom. The molecule has 0 saturated heterocycles. The van der Waals surface area contributed by atoms with Crippen molar-refractivity contribution in [1.82, 2.24) is 4.31 Å².